The summed E-state index contributed by atoms with van der Waals surface area (Å²) in [5, 5.41) is 0. The van der Waals surface area contributed by atoms with E-state index in [4.69, 9.17) is 12.2 Å². The minimum Gasteiger partial charge on any atom is -0.383 e. The summed E-state index contributed by atoms with van der Waals surface area (Å²) < 4.78 is 0.652. The van der Waals surface area contributed by atoms with Crippen molar-refractivity contribution in [1.29, 1.82) is 0 Å². The zero-order chi connectivity index (χ0) is 9.84. The van der Waals surface area contributed by atoms with Gasteiger partial charge < -0.3 is 10.6 Å². The van der Waals surface area contributed by atoms with Gasteiger partial charge in [0.15, 0.2) is 0 Å². The van der Waals surface area contributed by atoms with Crippen LogP contribution in [0.1, 0.15) is 0 Å². The second-order valence-electron chi connectivity index (χ2n) is 2.48. The highest BCUT2D eigenvalue weighted by Gasteiger charge is 2.04. The summed E-state index contributed by atoms with van der Waals surface area (Å²) in [6.07, 6.45) is 5.15. The number of anilines is 2. The summed E-state index contributed by atoms with van der Waals surface area (Å²) in [6.45, 7) is 0.454. The summed E-state index contributed by atoms with van der Waals surface area (Å²) in [5.41, 5.74) is 5.53. The Labute approximate surface area is 85.3 Å². The third-order valence-corrected chi connectivity index (χ3v) is 1.78. The molecule has 0 aromatic carbocycles. The minimum absolute atomic E-state index is 0.417. The molecule has 0 bridgehead atoms. The van der Waals surface area contributed by atoms with E-state index in [1.807, 2.05) is 0 Å². The number of nitrogen functional groups attached to an aromatic ring is 1. The van der Waals surface area contributed by atoms with Crippen molar-refractivity contribution in [2.45, 2.75) is 0 Å². The molecule has 0 aliphatic carbocycles. The molecule has 13 heavy (non-hydrogen) atoms. The lowest BCUT2D eigenvalue weighted by atomic mass is 10.5. The van der Waals surface area contributed by atoms with E-state index in [0.29, 0.717) is 22.9 Å². The average Bonchev–Trinajstić information content (AvgIpc) is 2.03. The largest absolute Gasteiger partial charge is 0.383 e. The molecule has 0 aliphatic heterocycles. The summed E-state index contributed by atoms with van der Waals surface area (Å²) in [7, 11) is 1.81. The van der Waals surface area contributed by atoms with Gasteiger partial charge in [-0.15, -0.1) is 6.42 Å². The number of rotatable bonds is 2. The number of terminal acetylenes is 1. The maximum Gasteiger partial charge on any atom is 0.228 e. The van der Waals surface area contributed by atoms with Crippen LogP contribution in [0.25, 0.3) is 0 Å². The van der Waals surface area contributed by atoms with E-state index in [1.165, 1.54) is 0 Å². The van der Waals surface area contributed by atoms with E-state index >= 15 is 0 Å². The van der Waals surface area contributed by atoms with Crippen molar-refractivity contribution in [3.8, 4) is 12.3 Å². The Kier molecular flexibility index (Phi) is 3.09. The second-order valence-corrected chi connectivity index (χ2v) is 3.29. The molecule has 2 N–H and O–H groups in total. The molecule has 1 heterocycles. The van der Waals surface area contributed by atoms with E-state index in [2.05, 4.69) is 31.8 Å². The van der Waals surface area contributed by atoms with Gasteiger partial charge in [0.1, 0.15) is 10.4 Å². The molecule has 1 aromatic heterocycles. The average molecular weight is 241 g/mol. The van der Waals surface area contributed by atoms with Gasteiger partial charge in [0, 0.05) is 13.1 Å². The Morgan fingerprint density at radius 1 is 1.69 bits per heavy atom. The van der Waals surface area contributed by atoms with Crippen molar-refractivity contribution >= 4 is 27.7 Å². The van der Waals surface area contributed by atoms with E-state index in [1.54, 1.807) is 18.0 Å². The van der Waals surface area contributed by atoms with Gasteiger partial charge in [0.05, 0.1) is 6.54 Å². The highest BCUT2D eigenvalue weighted by Crippen LogP contribution is 2.14. The predicted octanol–water partition coefficient (Wildman–Crippen LogP) is 0.891. The van der Waals surface area contributed by atoms with Gasteiger partial charge in [-0.3, -0.25) is 0 Å². The Morgan fingerprint density at radius 3 is 2.92 bits per heavy atom. The third-order valence-electron chi connectivity index (χ3n) is 1.37. The fourth-order valence-corrected chi connectivity index (χ4v) is 1.19. The van der Waals surface area contributed by atoms with Crippen LogP contribution in [0.3, 0.4) is 0 Å². The standard InChI is InChI=1S/C8H9BrN4/c1-3-4-13(2)8-11-6(9)5-7(10)12-8/h1,5H,4H2,2H3,(H2,10,11,12). The molecule has 0 atom stereocenters. The predicted molar refractivity (Wildman–Crippen MR) is 56.2 cm³/mol. The maximum atomic E-state index is 5.53. The molecule has 68 valence electrons. The van der Waals surface area contributed by atoms with Crippen LogP contribution in [0.2, 0.25) is 0 Å². The van der Waals surface area contributed by atoms with Crippen molar-refractivity contribution in [3.05, 3.63) is 10.7 Å². The second kappa shape index (κ2) is 4.10. The molecule has 0 fully saturated rings. The van der Waals surface area contributed by atoms with Crippen LogP contribution >= 0.6 is 15.9 Å². The summed E-state index contributed by atoms with van der Waals surface area (Å²) >= 11 is 3.22. The number of halogens is 1. The van der Waals surface area contributed by atoms with Crippen molar-refractivity contribution in [2.24, 2.45) is 0 Å². The molecular weight excluding hydrogens is 232 g/mol. The number of aromatic nitrogens is 2. The molecular formula is C8H9BrN4. The molecule has 0 saturated carbocycles. The van der Waals surface area contributed by atoms with Crippen LogP contribution in [-0.2, 0) is 0 Å². The first-order valence-electron chi connectivity index (χ1n) is 3.58. The van der Waals surface area contributed by atoms with E-state index in [9.17, 15) is 0 Å². The maximum absolute atomic E-state index is 5.53. The normalized spacial score (nSPS) is 9.31. The molecule has 0 unspecified atom stereocenters. The summed E-state index contributed by atoms with van der Waals surface area (Å²) in [6, 6.07) is 1.63. The number of nitrogens with two attached hydrogens (primary N) is 1. The smallest absolute Gasteiger partial charge is 0.228 e. The zero-order valence-corrected chi connectivity index (χ0v) is 8.74. The van der Waals surface area contributed by atoms with Gasteiger partial charge in [-0.05, 0) is 15.9 Å². The van der Waals surface area contributed by atoms with Gasteiger partial charge >= 0.3 is 0 Å². The van der Waals surface area contributed by atoms with Crippen molar-refractivity contribution in [3.63, 3.8) is 0 Å². The molecule has 0 saturated heterocycles. The Hall–Kier alpha value is -1.28. The first kappa shape index (κ1) is 9.81. The molecule has 1 aromatic rings. The Morgan fingerprint density at radius 2 is 2.38 bits per heavy atom. The molecule has 0 spiro atoms. The zero-order valence-electron chi connectivity index (χ0n) is 7.16. The van der Waals surface area contributed by atoms with Gasteiger partial charge in [-0.25, -0.2) is 4.98 Å². The van der Waals surface area contributed by atoms with Gasteiger partial charge in [-0.2, -0.15) is 4.98 Å². The number of hydrogen-bond donors (Lipinski definition) is 1. The minimum atomic E-state index is 0.417. The van der Waals surface area contributed by atoms with Crippen LogP contribution in [0.15, 0.2) is 10.7 Å². The number of hydrogen-bond acceptors (Lipinski definition) is 4. The summed E-state index contributed by atoms with van der Waals surface area (Å²) in [5.74, 6) is 3.43. The van der Waals surface area contributed by atoms with E-state index in [0.717, 1.165) is 0 Å². The molecule has 0 aliphatic rings. The lowest BCUT2D eigenvalue weighted by molar-refractivity contribution is 0.949. The third kappa shape index (κ3) is 2.60. The van der Waals surface area contributed by atoms with Crippen LogP contribution in [0, 0.1) is 12.3 Å². The van der Waals surface area contributed by atoms with Crippen molar-refractivity contribution in [2.75, 3.05) is 24.2 Å². The molecule has 1 rings (SSSR count). The Balaban J connectivity index is 2.95. The van der Waals surface area contributed by atoms with Crippen LogP contribution < -0.4 is 10.6 Å². The first-order valence-corrected chi connectivity index (χ1v) is 4.37. The van der Waals surface area contributed by atoms with Crippen LogP contribution in [-0.4, -0.2) is 23.6 Å². The highest BCUT2D eigenvalue weighted by molar-refractivity contribution is 9.10. The lowest BCUT2D eigenvalue weighted by Gasteiger charge is -2.13. The highest BCUT2D eigenvalue weighted by atomic mass is 79.9. The summed E-state index contributed by atoms with van der Waals surface area (Å²) in [4.78, 5) is 9.87. The SMILES string of the molecule is C#CCN(C)c1nc(N)cc(Br)n1. The molecule has 0 amide bonds. The molecule has 5 heteroatoms. The Bertz CT molecular complexity index is 324. The quantitative estimate of drug-likeness (QED) is 0.617. The fourth-order valence-electron chi connectivity index (χ4n) is 0.801. The number of nitrogens with zero attached hydrogens (tertiary/aromatic N) is 3. The van der Waals surface area contributed by atoms with Gasteiger partial charge in [-0.1, -0.05) is 5.92 Å². The van der Waals surface area contributed by atoms with E-state index < -0.39 is 0 Å². The topological polar surface area (TPSA) is 55.0 Å². The van der Waals surface area contributed by atoms with E-state index in [-0.39, 0.29) is 0 Å². The molecule has 0 radical (unpaired) electrons. The van der Waals surface area contributed by atoms with Crippen molar-refractivity contribution < 1.29 is 0 Å². The fraction of sp³-hybridized carbons (Fsp3) is 0.250. The lowest BCUT2D eigenvalue weighted by Crippen LogP contribution is -2.20. The first-order chi connectivity index (χ1) is 6.13. The van der Waals surface area contributed by atoms with Crippen LogP contribution in [0.5, 0.6) is 0 Å². The van der Waals surface area contributed by atoms with Gasteiger partial charge in [0.25, 0.3) is 0 Å². The molecule has 4 nitrogen and oxygen atoms in total. The monoisotopic (exact) mass is 240 g/mol. The van der Waals surface area contributed by atoms with Crippen molar-refractivity contribution in [1.82, 2.24) is 9.97 Å². The van der Waals surface area contributed by atoms with Gasteiger partial charge in [0.2, 0.25) is 5.95 Å². The van der Waals surface area contributed by atoms with Crippen LogP contribution in [0.4, 0.5) is 11.8 Å².